The molecule has 1 saturated heterocycles. The second-order valence-corrected chi connectivity index (χ2v) is 13.3. The zero-order valence-corrected chi connectivity index (χ0v) is 26.4. The van der Waals surface area contributed by atoms with Crippen LogP contribution >= 0.6 is 0 Å². The first-order valence-electron chi connectivity index (χ1n) is 14.2. The summed E-state index contributed by atoms with van der Waals surface area (Å²) in [5, 5.41) is 9.43. The summed E-state index contributed by atoms with van der Waals surface area (Å²) in [5.74, 6) is -2.47. The molecule has 0 saturated carbocycles. The number of amides is 3. The molecule has 1 unspecified atom stereocenters. The smallest absolute Gasteiger partial charge is 0.410 e. The zero-order chi connectivity index (χ0) is 32.7. The molecule has 12 nitrogen and oxygen atoms in total. The van der Waals surface area contributed by atoms with Crippen LogP contribution in [0.3, 0.4) is 0 Å². The Morgan fingerprint density at radius 2 is 1.75 bits per heavy atom. The van der Waals surface area contributed by atoms with E-state index in [0.717, 1.165) is 0 Å². The van der Waals surface area contributed by atoms with Crippen LogP contribution in [0, 0.1) is 5.82 Å². The highest BCUT2D eigenvalue weighted by Gasteiger charge is 2.31. The van der Waals surface area contributed by atoms with Gasteiger partial charge in [0.25, 0.3) is 5.91 Å². The average molecular weight is 637 g/mol. The first-order valence-corrected chi connectivity index (χ1v) is 15.7. The number of hydrogen-bond donors (Lipinski definition) is 3. The fraction of sp³-hybridized carbons (Fsp3) is 0.500. The van der Waals surface area contributed by atoms with Crippen LogP contribution in [0.1, 0.15) is 57.1 Å². The number of likely N-dealkylation sites (tertiary alicyclic amines) is 1. The third-order valence-corrected chi connectivity index (χ3v) is 8.87. The number of nitrogens with zero attached hydrogens (tertiary/aromatic N) is 2. The van der Waals surface area contributed by atoms with Crippen molar-refractivity contribution in [3.05, 3.63) is 59.4 Å². The van der Waals surface area contributed by atoms with Crippen molar-refractivity contribution in [2.45, 2.75) is 68.9 Å². The molecule has 0 radical (unpaired) electrons. The number of piperidine rings is 1. The summed E-state index contributed by atoms with van der Waals surface area (Å²) in [6.45, 7) is 6.01. The van der Waals surface area contributed by atoms with Gasteiger partial charge in [-0.15, -0.1) is 0 Å². The average Bonchev–Trinajstić information content (AvgIpc) is 2.98. The minimum Gasteiger partial charge on any atom is -0.497 e. The van der Waals surface area contributed by atoms with Gasteiger partial charge in [0.1, 0.15) is 17.2 Å². The molecule has 0 spiro atoms. The van der Waals surface area contributed by atoms with Crippen molar-refractivity contribution in [3.63, 3.8) is 0 Å². The highest BCUT2D eigenvalue weighted by atomic mass is 32.2. The summed E-state index contributed by atoms with van der Waals surface area (Å²) in [6.07, 6.45) is 0.550. The molecule has 1 heterocycles. The van der Waals surface area contributed by atoms with E-state index in [1.54, 1.807) is 43.1 Å². The molecule has 0 aromatic heterocycles. The number of carbonyl (C=O) groups excluding carboxylic acids is 3. The highest BCUT2D eigenvalue weighted by molar-refractivity contribution is 7.89. The van der Waals surface area contributed by atoms with Gasteiger partial charge in [-0.05, 0) is 81.5 Å². The molecule has 3 rings (SSSR count). The fourth-order valence-electron chi connectivity index (χ4n) is 4.96. The molecule has 0 aliphatic carbocycles. The van der Waals surface area contributed by atoms with E-state index in [-0.39, 0.29) is 47.5 Å². The van der Waals surface area contributed by atoms with Gasteiger partial charge in [-0.25, -0.2) is 27.8 Å². The first-order chi connectivity index (χ1) is 20.6. The zero-order valence-electron chi connectivity index (χ0n) is 25.6. The molecule has 3 amide bonds. The lowest BCUT2D eigenvalue weighted by molar-refractivity contribution is -0.132. The quantitative estimate of drug-likeness (QED) is 0.251. The van der Waals surface area contributed by atoms with E-state index in [1.807, 2.05) is 0 Å². The molecule has 0 bridgehead atoms. The van der Waals surface area contributed by atoms with Crippen LogP contribution in [-0.4, -0.2) is 86.8 Å². The highest BCUT2D eigenvalue weighted by Crippen LogP contribution is 2.31. The molecule has 2 aromatic carbocycles. The molecular formula is C30H41FN4O8S. The molecule has 1 fully saturated rings. The summed E-state index contributed by atoms with van der Waals surface area (Å²) in [7, 11) is -1.17. The van der Waals surface area contributed by atoms with Crippen molar-refractivity contribution in [2.24, 2.45) is 0 Å². The second kappa shape index (κ2) is 14.8. The molecule has 44 heavy (non-hydrogen) atoms. The predicted molar refractivity (Wildman–Crippen MR) is 159 cm³/mol. The number of hydrogen-bond acceptors (Lipinski definition) is 8. The third-order valence-electron chi connectivity index (χ3n) is 7.34. The number of methoxy groups -OCH3 is 1. The van der Waals surface area contributed by atoms with Crippen LogP contribution in [0.2, 0.25) is 0 Å². The number of rotatable bonds is 11. The number of hydroxylamine groups is 1. The number of benzene rings is 2. The lowest BCUT2D eigenvalue weighted by Gasteiger charge is -2.37. The molecule has 1 aliphatic rings. The number of sulfonamides is 1. The van der Waals surface area contributed by atoms with E-state index in [4.69, 9.17) is 9.47 Å². The molecular weight excluding hydrogens is 595 g/mol. The first kappa shape index (κ1) is 34.7. The number of carbonyl (C=O) groups is 3. The van der Waals surface area contributed by atoms with Crippen molar-refractivity contribution >= 4 is 27.9 Å². The minimum absolute atomic E-state index is 0.0417. The monoisotopic (exact) mass is 636 g/mol. The van der Waals surface area contributed by atoms with Crippen LogP contribution in [0.15, 0.2) is 47.4 Å². The normalized spacial score (nSPS) is 14.9. The van der Waals surface area contributed by atoms with Crippen molar-refractivity contribution in [1.29, 1.82) is 0 Å². The summed E-state index contributed by atoms with van der Waals surface area (Å²) in [6, 6.07) is 9.37. The van der Waals surface area contributed by atoms with Gasteiger partial charge in [-0.3, -0.25) is 14.8 Å². The van der Waals surface area contributed by atoms with E-state index >= 15 is 0 Å². The standard InChI is InChI=1S/C30H41FN4O8S/c1-30(2,3)43-29(38)34(4)22-13-16-35(17-14-22)27(36)12-15-32-44(40,41)26-11-10-23(42-5)19-24(26)25(28(37)33-39)18-20-6-8-21(31)9-7-20/h6-11,19,22,25,32,39H,12-18H2,1-5H3,(H,33,37). The van der Waals surface area contributed by atoms with Gasteiger partial charge in [0.15, 0.2) is 0 Å². The van der Waals surface area contributed by atoms with Gasteiger partial charge in [0, 0.05) is 39.1 Å². The van der Waals surface area contributed by atoms with Crippen LogP contribution in [0.4, 0.5) is 9.18 Å². The Labute approximate surface area is 257 Å². The maximum Gasteiger partial charge on any atom is 0.410 e. The lowest BCUT2D eigenvalue weighted by atomic mass is 9.91. The van der Waals surface area contributed by atoms with E-state index in [1.165, 1.54) is 49.6 Å². The summed E-state index contributed by atoms with van der Waals surface area (Å²) in [4.78, 5) is 41.0. The lowest BCUT2D eigenvalue weighted by Crippen LogP contribution is -2.48. The van der Waals surface area contributed by atoms with Crippen LogP contribution in [-0.2, 0) is 30.8 Å². The van der Waals surface area contributed by atoms with E-state index in [0.29, 0.717) is 31.5 Å². The summed E-state index contributed by atoms with van der Waals surface area (Å²) in [5.41, 5.74) is 1.55. The Kier molecular flexibility index (Phi) is 11.7. The molecule has 3 N–H and O–H groups in total. The fourth-order valence-corrected chi connectivity index (χ4v) is 6.25. The third kappa shape index (κ3) is 9.37. The largest absolute Gasteiger partial charge is 0.497 e. The molecule has 2 aromatic rings. The second-order valence-electron chi connectivity index (χ2n) is 11.6. The molecule has 1 aliphatic heterocycles. The van der Waals surface area contributed by atoms with Crippen molar-refractivity contribution in [2.75, 3.05) is 33.8 Å². The maximum absolute atomic E-state index is 13.4. The van der Waals surface area contributed by atoms with Gasteiger partial charge < -0.3 is 19.3 Å². The van der Waals surface area contributed by atoms with Crippen molar-refractivity contribution in [3.8, 4) is 5.75 Å². The van der Waals surface area contributed by atoms with Crippen molar-refractivity contribution < 1.29 is 41.9 Å². The van der Waals surface area contributed by atoms with Gasteiger partial charge in [-0.1, -0.05) is 12.1 Å². The SMILES string of the molecule is COc1ccc(S(=O)(=O)NCCC(=O)N2CCC(N(C)C(=O)OC(C)(C)C)CC2)c(C(Cc2ccc(F)cc2)C(=O)NO)c1. The topological polar surface area (TPSA) is 155 Å². The van der Waals surface area contributed by atoms with Gasteiger partial charge >= 0.3 is 6.09 Å². The van der Waals surface area contributed by atoms with Crippen LogP contribution in [0.5, 0.6) is 5.75 Å². The Hall–Kier alpha value is -3.75. The Morgan fingerprint density at radius 1 is 1.11 bits per heavy atom. The van der Waals surface area contributed by atoms with E-state index < -0.39 is 39.4 Å². The van der Waals surface area contributed by atoms with Crippen LogP contribution < -0.4 is 14.9 Å². The summed E-state index contributed by atoms with van der Waals surface area (Å²) < 4.78 is 53.4. The Balaban J connectivity index is 1.67. The number of halogens is 1. The van der Waals surface area contributed by atoms with Crippen LogP contribution in [0.25, 0.3) is 0 Å². The van der Waals surface area contributed by atoms with Gasteiger partial charge in [0.2, 0.25) is 15.9 Å². The van der Waals surface area contributed by atoms with Crippen molar-refractivity contribution in [1.82, 2.24) is 20.0 Å². The minimum atomic E-state index is -4.23. The molecule has 242 valence electrons. The molecule has 1 atom stereocenters. The number of ether oxygens (including phenoxy) is 2. The Morgan fingerprint density at radius 3 is 2.32 bits per heavy atom. The maximum atomic E-state index is 13.4. The Bertz CT molecular complexity index is 1420. The van der Waals surface area contributed by atoms with Gasteiger partial charge in [-0.2, -0.15) is 0 Å². The van der Waals surface area contributed by atoms with Gasteiger partial charge in [0.05, 0.1) is 17.9 Å². The number of nitrogens with one attached hydrogen (secondary N) is 2. The molecule has 14 heteroatoms. The summed E-state index contributed by atoms with van der Waals surface area (Å²) >= 11 is 0. The van der Waals surface area contributed by atoms with E-state index in [2.05, 4.69) is 4.72 Å². The predicted octanol–water partition coefficient (Wildman–Crippen LogP) is 3.19. The van der Waals surface area contributed by atoms with E-state index in [9.17, 15) is 32.4 Å².